The van der Waals surface area contributed by atoms with Gasteiger partial charge >= 0.3 is 5.97 Å². The molecule has 0 bridgehead atoms. The first kappa shape index (κ1) is 17.8. The van der Waals surface area contributed by atoms with Crippen molar-refractivity contribution < 1.29 is 14.3 Å². The summed E-state index contributed by atoms with van der Waals surface area (Å²) >= 11 is 0. The molecule has 0 spiro atoms. The molecule has 3 atom stereocenters. The number of amides is 1. The molecule has 1 heterocycles. The Labute approximate surface area is 160 Å². The predicted molar refractivity (Wildman–Crippen MR) is 103 cm³/mol. The number of hydrogen-bond donors (Lipinski definition) is 0. The van der Waals surface area contributed by atoms with E-state index in [0.29, 0.717) is 18.5 Å². The van der Waals surface area contributed by atoms with Crippen LogP contribution >= 0.6 is 0 Å². The minimum absolute atomic E-state index is 0.0975. The number of hydrogen-bond acceptors (Lipinski definition) is 3. The SMILES string of the molecule is O=C(O[C@@H]1CCN(C(=O)c2ccccc2)[C@H]2CCCC[C@@H]12)c1ccccc1. The quantitative estimate of drug-likeness (QED) is 0.763. The highest BCUT2D eigenvalue weighted by Gasteiger charge is 2.43. The molecule has 2 aromatic rings. The highest BCUT2D eigenvalue weighted by molar-refractivity contribution is 5.94. The zero-order chi connectivity index (χ0) is 18.6. The third kappa shape index (κ3) is 3.75. The largest absolute Gasteiger partial charge is 0.458 e. The van der Waals surface area contributed by atoms with Crippen molar-refractivity contribution in [2.75, 3.05) is 6.54 Å². The molecule has 2 fully saturated rings. The minimum atomic E-state index is -0.257. The predicted octanol–water partition coefficient (Wildman–Crippen LogP) is 4.32. The fourth-order valence-corrected chi connectivity index (χ4v) is 4.53. The van der Waals surface area contributed by atoms with E-state index in [0.717, 1.165) is 31.2 Å². The highest BCUT2D eigenvalue weighted by Crippen LogP contribution is 2.38. The fraction of sp³-hybridized carbons (Fsp3) is 0.391. The van der Waals surface area contributed by atoms with Crippen molar-refractivity contribution in [3.63, 3.8) is 0 Å². The maximum Gasteiger partial charge on any atom is 0.338 e. The highest BCUT2D eigenvalue weighted by atomic mass is 16.5. The molecule has 1 saturated carbocycles. The molecular weight excluding hydrogens is 338 g/mol. The van der Waals surface area contributed by atoms with Gasteiger partial charge in [-0.3, -0.25) is 4.79 Å². The second-order valence-corrected chi connectivity index (χ2v) is 7.48. The van der Waals surface area contributed by atoms with Crippen LogP contribution in [0.3, 0.4) is 0 Å². The van der Waals surface area contributed by atoms with Crippen LogP contribution in [0.25, 0.3) is 0 Å². The van der Waals surface area contributed by atoms with Gasteiger partial charge in [0, 0.05) is 30.5 Å². The van der Waals surface area contributed by atoms with E-state index in [1.807, 2.05) is 53.4 Å². The molecule has 4 heteroatoms. The Morgan fingerprint density at radius 2 is 1.44 bits per heavy atom. The van der Waals surface area contributed by atoms with Crippen LogP contribution in [0.15, 0.2) is 60.7 Å². The molecule has 0 N–H and O–H groups in total. The van der Waals surface area contributed by atoms with Gasteiger partial charge in [-0.15, -0.1) is 0 Å². The molecule has 4 rings (SSSR count). The summed E-state index contributed by atoms with van der Waals surface area (Å²) in [7, 11) is 0. The standard InChI is InChI=1S/C23H25NO3/c25-22(17-9-3-1-4-10-17)24-16-15-21(19-13-7-8-14-20(19)24)27-23(26)18-11-5-2-6-12-18/h1-6,9-12,19-21H,7-8,13-16H2/t19-,20+,21-/m1/s1. The molecule has 2 aliphatic rings. The molecule has 4 nitrogen and oxygen atoms in total. The second kappa shape index (κ2) is 7.95. The van der Waals surface area contributed by atoms with Crippen molar-refractivity contribution >= 4 is 11.9 Å². The van der Waals surface area contributed by atoms with Crippen molar-refractivity contribution in [1.29, 1.82) is 0 Å². The maximum absolute atomic E-state index is 13.0. The number of benzene rings is 2. The second-order valence-electron chi connectivity index (χ2n) is 7.48. The van der Waals surface area contributed by atoms with Gasteiger partial charge in [-0.05, 0) is 37.1 Å². The smallest absolute Gasteiger partial charge is 0.338 e. The molecule has 27 heavy (non-hydrogen) atoms. The number of esters is 1. The Hall–Kier alpha value is -2.62. The van der Waals surface area contributed by atoms with E-state index in [-0.39, 0.29) is 29.9 Å². The van der Waals surface area contributed by atoms with Crippen LogP contribution in [-0.4, -0.2) is 35.5 Å². The number of carbonyl (C=O) groups excluding carboxylic acids is 2. The van der Waals surface area contributed by atoms with Gasteiger partial charge in [0.15, 0.2) is 0 Å². The Morgan fingerprint density at radius 1 is 0.815 bits per heavy atom. The van der Waals surface area contributed by atoms with E-state index in [2.05, 4.69) is 0 Å². The molecule has 1 saturated heterocycles. The number of carbonyl (C=O) groups is 2. The first-order valence-corrected chi connectivity index (χ1v) is 9.86. The number of rotatable bonds is 3. The van der Waals surface area contributed by atoms with Gasteiger partial charge < -0.3 is 9.64 Å². The lowest BCUT2D eigenvalue weighted by molar-refractivity contribution is -0.0447. The first-order chi connectivity index (χ1) is 13.2. The zero-order valence-electron chi connectivity index (χ0n) is 15.4. The lowest BCUT2D eigenvalue weighted by Crippen LogP contribution is -2.55. The van der Waals surface area contributed by atoms with E-state index in [4.69, 9.17) is 4.74 Å². The van der Waals surface area contributed by atoms with Crippen molar-refractivity contribution in [3.8, 4) is 0 Å². The third-order valence-electron chi connectivity index (χ3n) is 5.86. The summed E-state index contributed by atoms with van der Waals surface area (Å²) in [6.07, 6.45) is 4.85. The van der Waals surface area contributed by atoms with Crippen molar-refractivity contribution in [3.05, 3.63) is 71.8 Å². The van der Waals surface area contributed by atoms with Crippen molar-refractivity contribution in [2.24, 2.45) is 5.92 Å². The van der Waals surface area contributed by atoms with Crippen molar-refractivity contribution in [1.82, 2.24) is 4.90 Å². The van der Waals surface area contributed by atoms with E-state index in [1.54, 1.807) is 12.1 Å². The van der Waals surface area contributed by atoms with Crippen molar-refractivity contribution in [2.45, 2.75) is 44.2 Å². The van der Waals surface area contributed by atoms with Crippen LogP contribution in [-0.2, 0) is 4.74 Å². The lowest BCUT2D eigenvalue weighted by atomic mass is 9.76. The fourth-order valence-electron chi connectivity index (χ4n) is 4.53. The Kier molecular flexibility index (Phi) is 5.23. The monoisotopic (exact) mass is 363 g/mol. The Morgan fingerprint density at radius 3 is 2.15 bits per heavy atom. The number of nitrogens with zero attached hydrogens (tertiary/aromatic N) is 1. The topological polar surface area (TPSA) is 46.6 Å². The molecule has 0 aromatic heterocycles. The normalized spacial score (nSPS) is 24.7. The average Bonchev–Trinajstić information content (AvgIpc) is 2.75. The van der Waals surface area contributed by atoms with E-state index in [1.165, 1.54) is 0 Å². The van der Waals surface area contributed by atoms with Gasteiger partial charge in [0.1, 0.15) is 6.10 Å². The maximum atomic E-state index is 13.0. The average molecular weight is 363 g/mol. The van der Waals surface area contributed by atoms with Crippen LogP contribution < -0.4 is 0 Å². The van der Waals surface area contributed by atoms with Crippen LogP contribution in [0.4, 0.5) is 0 Å². The van der Waals surface area contributed by atoms with Gasteiger partial charge in [-0.1, -0.05) is 49.2 Å². The third-order valence-corrected chi connectivity index (χ3v) is 5.86. The summed E-state index contributed by atoms with van der Waals surface area (Å²) in [6, 6.07) is 18.8. The first-order valence-electron chi connectivity index (χ1n) is 9.86. The summed E-state index contributed by atoms with van der Waals surface area (Å²) in [5.41, 5.74) is 1.33. The molecular formula is C23H25NO3. The van der Waals surface area contributed by atoms with Gasteiger partial charge in [-0.2, -0.15) is 0 Å². The number of ether oxygens (including phenoxy) is 1. The lowest BCUT2D eigenvalue weighted by Gasteiger charge is -2.47. The van der Waals surface area contributed by atoms with E-state index in [9.17, 15) is 9.59 Å². The number of likely N-dealkylation sites (tertiary alicyclic amines) is 1. The van der Waals surface area contributed by atoms with E-state index >= 15 is 0 Å². The van der Waals surface area contributed by atoms with Crippen LogP contribution in [0.5, 0.6) is 0 Å². The molecule has 1 aliphatic carbocycles. The summed E-state index contributed by atoms with van der Waals surface area (Å²) in [5, 5.41) is 0. The van der Waals surface area contributed by atoms with Gasteiger partial charge in [0.25, 0.3) is 5.91 Å². The van der Waals surface area contributed by atoms with Gasteiger partial charge in [-0.25, -0.2) is 4.79 Å². The molecule has 1 amide bonds. The minimum Gasteiger partial charge on any atom is -0.458 e. The van der Waals surface area contributed by atoms with Crippen LogP contribution in [0.1, 0.15) is 52.8 Å². The number of piperidine rings is 1. The summed E-state index contributed by atoms with van der Waals surface area (Å²) in [5.74, 6) is 0.0703. The summed E-state index contributed by atoms with van der Waals surface area (Å²) < 4.78 is 5.90. The van der Waals surface area contributed by atoms with Gasteiger partial charge in [0.2, 0.25) is 0 Å². The Bertz CT molecular complexity index is 790. The molecule has 0 radical (unpaired) electrons. The Balaban J connectivity index is 1.50. The summed E-state index contributed by atoms with van der Waals surface area (Å²) in [4.78, 5) is 27.6. The summed E-state index contributed by atoms with van der Waals surface area (Å²) in [6.45, 7) is 0.641. The zero-order valence-corrected chi connectivity index (χ0v) is 15.4. The van der Waals surface area contributed by atoms with Crippen LogP contribution in [0.2, 0.25) is 0 Å². The molecule has 140 valence electrons. The molecule has 0 unspecified atom stereocenters. The molecule has 2 aromatic carbocycles. The number of fused-ring (bicyclic) bond motifs is 1. The molecule has 1 aliphatic heterocycles. The van der Waals surface area contributed by atoms with Crippen LogP contribution in [0, 0.1) is 5.92 Å². The van der Waals surface area contributed by atoms with Gasteiger partial charge in [0.05, 0.1) is 5.56 Å². The van der Waals surface area contributed by atoms with E-state index < -0.39 is 0 Å².